The Morgan fingerprint density at radius 1 is 1.27 bits per heavy atom. The van der Waals surface area contributed by atoms with Crippen LogP contribution in [-0.4, -0.2) is 70.6 Å². The number of fused-ring (bicyclic) bond motifs is 2. The third-order valence-electron chi connectivity index (χ3n) is 7.18. The molecule has 1 aromatic carbocycles. The molecule has 4 amide bonds. The van der Waals surface area contributed by atoms with Crippen molar-refractivity contribution in [3.63, 3.8) is 0 Å². The summed E-state index contributed by atoms with van der Waals surface area (Å²) in [5.74, 6) is -0.799. The number of rotatable bonds is 5. The Morgan fingerprint density at radius 3 is 2.62 bits per heavy atom. The number of carbonyl (C=O) groups is 4. The number of alkyl carbamates (subject to hydrolysis) is 1. The second kappa shape index (κ2) is 9.69. The number of anilines is 1. The molecule has 3 aliphatic rings. The van der Waals surface area contributed by atoms with Crippen LogP contribution >= 0.6 is 0 Å². The highest BCUT2D eigenvalue weighted by Crippen LogP contribution is 2.47. The molecule has 0 aliphatic carbocycles. The number of amides is 4. The van der Waals surface area contributed by atoms with E-state index in [2.05, 4.69) is 15.5 Å². The molecule has 4 atom stereocenters. The lowest BCUT2D eigenvalue weighted by molar-refractivity contribution is -0.145. The summed E-state index contributed by atoms with van der Waals surface area (Å²) in [6, 6.07) is 5.79. The van der Waals surface area contributed by atoms with E-state index in [0.717, 1.165) is 5.56 Å². The van der Waals surface area contributed by atoms with Crippen LogP contribution in [0.2, 0.25) is 0 Å². The summed E-state index contributed by atoms with van der Waals surface area (Å²) in [5.41, 5.74) is -0.189. The van der Waals surface area contributed by atoms with E-state index in [9.17, 15) is 19.2 Å². The topological polar surface area (TPSA) is 112 Å². The van der Waals surface area contributed by atoms with Gasteiger partial charge in [-0.3, -0.25) is 24.1 Å². The Kier molecular flexibility index (Phi) is 6.93. The van der Waals surface area contributed by atoms with Gasteiger partial charge in [-0.25, -0.2) is 11.4 Å². The standard InChI is InChI=1S/C27H35N5O5/c1-16(2)13-20(31-12-11-19(22(31)33)30-25(36)37-26(3,4)5)23(34)32-15-27(14-21(32)28-6)17-9-7-8-10-18(17)29-24(27)35/h7-10,16,19-21H,11-15H2,1-5H3,(H,29,35)(H,30,36)/t19-,20-,21-,27-/m0/s1. The Morgan fingerprint density at radius 2 is 1.97 bits per heavy atom. The lowest BCUT2D eigenvalue weighted by atomic mass is 9.80. The highest BCUT2D eigenvalue weighted by Gasteiger charge is 2.59. The molecular formula is C27H35N5O5. The van der Waals surface area contributed by atoms with E-state index in [0.29, 0.717) is 25.1 Å². The van der Waals surface area contributed by atoms with Gasteiger partial charge >= 0.3 is 12.3 Å². The minimum absolute atomic E-state index is 0.0813. The van der Waals surface area contributed by atoms with E-state index in [1.807, 2.05) is 38.1 Å². The number of hydrogen-bond donors (Lipinski definition) is 2. The van der Waals surface area contributed by atoms with Crippen LogP contribution in [0.25, 0.3) is 4.85 Å². The van der Waals surface area contributed by atoms with Crippen molar-refractivity contribution in [2.45, 2.75) is 83.1 Å². The predicted molar refractivity (Wildman–Crippen MR) is 136 cm³/mol. The Labute approximate surface area is 217 Å². The lowest BCUT2D eigenvalue weighted by Crippen LogP contribution is -2.53. The number of para-hydroxylation sites is 1. The zero-order valence-electron chi connectivity index (χ0n) is 22.0. The molecule has 3 aliphatic heterocycles. The second-order valence-electron chi connectivity index (χ2n) is 11.5. The van der Waals surface area contributed by atoms with E-state index in [1.165, 1.54) is 9.80 Å². The van der Waals surface area contributed by atoms with Gasteiger partial charge in [0.15, 0.2) is 0 Å². The van der Waals surface area contributed by atoms with E-state index in [-0.39, 0.29) is 36.6 Å². The van der Waals surface area contributed by atoms with Crippen molar-refractivity contribution in [2.75, 3.05) is 18.4 Å². The summed E-state index contributed by atoms with van der Waals surface area (Å²) < 4.78 is 5.29. The zero-order chi connectivity index (χ0) is 27.1. The molecule has 0 bridgehead atoms. The normalized spacial score (nSPS) is 25.8. The molecule has 2 N–H and O–H groups in total. The van der Waals surface area contributed by atoms with Crippen molar-refractivity contribution < 1.29 is 23.9 Å². The maximum Gasteiger partial charge on any atom is 0.408 e. The van der Waals surface area contributed by atoms with Crippen molar-refractivity contribution in [3.8, 4) is 0 Å². The van der Waals surface area contributed by atoms with Crippen LogP contribution in [0.1, 0.15) is 59.4 Å². The molecule has 198 valence electrons. The van der Waals surface area contributed by atoms with Gasteiger partial charge in [0.2, 0.25) is 11.8 Å². The Bertz CT molecular complexity index is 1150. The summed E-state index contributed by atoms with van der Waals surface area (Å²) >= 11 is 0. The molecule has 0 unspecified atom stereocenters. The minimum Gasteiger partial charge on any atom is -0.444 e. The van der Waals surface area contributed by atoms with Gasteiger partial charge in [-0.05, 0) is 51.2 Å². The van der Waals surface area contributed by atoms with Gasteiger partial charge in [-0.1, -0.05) is 32.0 Å². The molecule has 37 heavy (non-hydrogen) atoms. The van der Waals surface area contributed by atoms with Gasteiger partial charge in [-0.15, -0.1) is 0 Å². The second-order valence-corrected chi connectivity index (χ2v) is 11.5. The van der Waals surface area contributed by atoms with Crippen molar-refractivity contribution in [3.05, 3.63) is 41.2 Å². The number of hydrogen-bond acceptors (Lipinski definition) is 5. The number of likely N-dealkylation sites (tertiary alicyclic amines) is 2. The first-order chi connectivity index (χ1) is 17.4. The molecule has 0 radical (unpaired) electrons. The summed E-state index contributed by atoms with van der Waals surface area (Å²) in [6.07, 6.45) is -0.532. The highest BCUT2D eigenvalue weighted by molar-refractivity contribution is 6.07. The molecule has 1 spiro atoms. The lowest BCUT2D eigenvalue weighted by Gasteiger charge is -2.32. The molecule has 2 fully saturated rings. The maximum absolute atomic E-state index is 14.0. The smallest absolute Gasteiger partial charge is 0.408 e. The molecule has 0 aromatic heterocycles. The number of nitrogens with one attached hydrogen (secondary N) is 2. The van der Waals surface area contributed by atoms with Crippen LogP contribution in [0.4, 0.5) is 10.5 Å². The van der Waals surface area contributed by atoms with Crippen molar-refractivity contribution in [1.29, 1.82) is 0 Å². The van der Waals surface area contributed by atoms with Gasteiger partial charge in [0, 0.05) is 18.8 Å². The zero-order valence-corrected chi connectivity index (χ0v) is 22.0. The molecular weight excluding hydrogens is 474 g/mol. The highest BCUT2D eigenvalue weighted by atomic mass is 16.6. The first-order valence-electron chi connectivity index (χ1n) is 12.7. The average molecular weight is 510 g/mol. The number of benzene rings is 1. The summed E-state index contributed by atoms with van der Waals surface area (Å²) in [7, 11) is 0. The Hall–Kier alpha value is -3.61. The van der Waals surface area contributed by atoms with Gasteiger partial charge in [-0.2, -0.15) is 0 Å². The third-order valence-corrected chi connectivity index (χ3v) is 7.18. The molecule has 1 aromatic rings. The molecule has 4 rings (SSSR count). The Balaban J connectivity index is 1.56. The van der Waals surface area contributed by atoms with Crippen LogP contribution in [-0.2, 0) is 24.5 Å². The molecule has 3 heterocycles. The fourth-order valence-corrected chi connectivity index (χ4v) is 5.55. The monoisotopic (exact) mass is 509 g/mol. The number of ether oxygens (including phenoxy) is 1. The van der Waals surface area contributed by atoms with E-state index in [4.69, 9.17) is 11.3 Å². The number of carbonyl (C=O) groups excluding carboxylic acids is 4. The molecule has 2 saturated heterocycles. The predicted octanol–water partition coefficient (Wildman–Crippen LogP) is 2.89. The maximum atomic E-state index is 14.0. The first kappa shape index (κ1) is 26.5. The SMILES string of the molecule is [C-]#[N+][C@@H]1C[C@@]2(CN1C(=O)[C@H](CC(C)C)N1CC[C@H](NC(=O)OC(C)(C)C)C1=O)C(=O)Nc1ccccc12. The summed E-state index contributed by atoms with van der Waals surface area (Å²) in [5, 5.41) is 5.53. The summed E-state index contributed by atoms with van der Waals surface area (Å²) in [6.45, 7) is 17.3. The minimum atomic E-state index is -0.986. The van der Waals surface area contributed by atoms with E-state index < -0.39 is 35.4 Å². The van der Waals surface area contributed by atoms with Crippen molar-refractivity contribution in [1.82, 2.24) is 15.1 Å². The quantitative estimate of drug-likeness (QED) is 0.593. The largest absolute Gasteiger partial charge is 0.444 e. The fourth-order valence-electron chi connectivity index (χ4n) is 5.55. The van der Waals surface area contributed by atoms with Gasteiger partial charge in [0.25, 0.3) is 5.91 Å². The number of nitrogens with zero attached hydrogens (tertiary/aromatic N) is 3. The van der Waals surface area contributed by atoms with Gasteiger partial charge < -0.3 is 20.3 Å². The van der Waals surface area contributed by atoms with Gasteiger partial charge in [0.1, 0.15) is 23.1 Å². The van der Waals surface area contributed by atoms with Crippen LogP contribution in [0.3, 0.4) is 0 Å². The van der Waals surface area contributed by atoms with Crippen LogP contribution < -0.4 is 10.6 Å². The summed E-state index contributed by atoms with van der Waals surface area (Å²) in [4.78, 5) is 59.4. The fraction of sp³-hybridized carbons (Fsp3) is 0.593. The van der Waals surface area contributed by atoms with Crippen LogP contribution in [0.5, 0.6) is 0 Å². The van der Waals surface area contributed by atoms with Crippen LogP contribution in [0, 0.1) is 12.5 Å². The third kappa shape index (κ3) is 4.99. The van der Waals surface area contributed by atoms with Crippen LogP contribution in [0.15, 0.2) is 24.3 Å². The van der Waals surface area contributed by atoms with Crippen molar-refractivity contribution in [2.24, 2.45) is 5.92 Å². The van der Waals surface area contributed by atoms with Gasteiger partial charge in [0.05, 0.1) is 6.42 Å². The molecule has 0 saturated carbocycles. The van der Waals surface area contributed by atoms with E-state index in [1.54, 1.807) is 20.8 Å². The average Bonchev–Trinajstić information content (AvgIpc) is 3.45. The van der Waals surface area contributed by atoms with Crippen molar-refractivity contribution >= 4 is 29.5 Å². The van der Waals surface area contributed by atoms with E-state index >= 15 is 0 Å². The first-order valence-corrected chi connectivity index (χ1v) is 12.7. The molecule has 10 nitrogen and oxygen atoms in total. The molecule has 10 heteroatoms.